The Morgan fingerprint density at radius 1 is 1.17 bits per heavy atom. The fraction of sp³-hybridized carbons (Fsp3) is 0.375. The zero-order valence-electron chi connectivity index (χ0n) is 12.8. The molecular weight excluding hydrogens is 331 g/mol. The topological polar surface area (TPSA) is 35.0 Å². The summed E-state index contributed by atoms with van der Waals surface area (Å²) in [5, 5.41) is 0. The van der Waals surface area contributed by atoms with Crippen LogP contribution in [-0.2, 0) is 19.2 Å². The SMILES string of the molecule is CCCCc1nc(OCc2ccc(F)cc2C(F)(F)F)ncc1F. The third-order valence-corrected chi connectivity index (χ3v) is 3.30. The molecule has 0 spiro atoms. The summed E-state index contributed by atoms with van der Waals surface area (Å²) in [5.74, 6) is -1.58. The highest BCUT2D eigenvalue weighted by atomic mass is 19.4. The van der Waals surface area contributed by atoms with E-state index in [9.17, 15) is 22.0 Å². The summed E-state index contributed by atoms with van der Waals surface area (Å²) in [6.07, 6.45) is -1.86. The number of rotatable bonds is 6. The fourth-order valence-electron chi connectivity index (χ4n) is 2.05. The monoisotopic (exact) mass is 346 g/mol. The molecule has 0 atom stereocenters. The maximum atomic E-state index is 13.6. The van der Waals surface area contributed by atoms with Crippen LogP contribution in [0.15, 0.2) is 24.4 Å². The maximum Gasteiger partial charge on any atom is 0.416 e. The second kappa shape index (κ2) is 7.55. The minimum absolute atomic E-state index is 0.150. The molecule has 0 saturated heterocycles. The number of hydrogen-bond acceptors (Lipinski definition) is 3. The first-order valence-corrected chi connectivity index (χ1v) is 7.31. The van der Waals surface area contributed by atoms with Crippen LogP contribution in [0.3, 0.4) is 0 Å². The lowest BCUT2D eigenvalue weighted by molar-refractivity contribution is -0.138. The van der Waals surface area contributed by atoms with Crippen molar-refractivity contribution in [3.63, 3.8) is 0 Å². The fourth-order valence-corrected chi connectivity index (χ4v) is 2.05. The Bertz CT molecular complexity index is 703. The van der Waals surface area contributed by atoms with E-state index < -0.39 is 30.0 Å². The van der Waals surface area contributed by atoms with Gasteiger partial charge < -0.3 is 4.74 Å². The van der Waals surface area contributed by atoms with Gasteiger partial charge in [0.15, 0.2) is 5.82 Å². The van der Waals surface area contributed by atoms with Gasteiger partial charge in [-0.3, -0.25) is 0 Å². The van der Waals surface area contributed by atoms with Gasteiger partial charge in [-0.1, -0.05) is 19.4 Å². The molecule has 1 aromatic carbocycles. The van der Waals surface area contributed by atoms with Gasteiger partial charge in [-0.2, -0.15) is 18.2 Å². The van der Waals surface area contributed by atoms with Gasteiger partial charge in [-0.15, -0.1) is 0 Å². The predicted molar refractivity (Wildman–Crippen MR) is 76.3 cm³/mol. The molecule has 8 heteroatoms. The number of aromatic nitrogens is 2. The highest BCUT2D eigenvalue weighted by Crippen LogP contribution is 2.32. The molecule has 0 bridgehead atoms. The van der Waals surface area contributed by atoms with Gasteiger partial charge in [0.25, 0.3) is 0 Å². The molecule has 0 aliphatic rings. The summed E-state index contributed by atoms with van der Waals surface area (Å²) < 4.78 is 70.5. The lowest BCUT2D eigenvalue weighted by atomic mass is 10.1. The van der Waals surface area contributed by atoms with Gasteiger partial charge in [0.1, 0.15) is 12.4 Å². The molecule has 0 saturated carbocycles. The molecule has 0 aliphatic carbocycles. The first kappa shape index (κ1) is 18.1. The first-order valence-electron chi connectivity index (χ1n) is 7.31. The summed E-state index contributed by atoms with van der Waals surface area (Å²) in [7, 11) is 0. The van der Waals surface area contributed by atoms with Crippen LogP contribution < -0.4 is 4.74 Å². The number of hydrogen-bond donors (Lipinski definition) is 0. The van der Waals surface area contributed by atoms with Crippen molar-refractivity contribution in [1.82, 2.24) is 9.97 Å². The van der Waals surface area contributed by atoms with E-state index in [2.05, 4.69) is 9.97 Å². The van der Waals surface area contributed by atoms with E-state index >= 15 is 0 Å². The van der Waals surface area contributed by atoms with Crippen LogP contribution in [0.4, 0.5) is 22.0 Å². The molecule has 3 nitrogen and oxygen atoms in total. The number of aryl methyl sites for hydroxylation is 1. The lowest BCUT2D eigenvalue weighted by Gasteiger charge is -2.13. The molecule has 0 radical (unpaired) electrons. The molecule has 0 N–H and O–H groups in total. The molecule has 0 amide bonds. The van der Waals surface area contributed by atoms with Gasteiger partial charge in [0.2, 0.25) is 0 Å². The van der Waals surface area contributed by atoms with Crippen LogP contribution in [0.25, 0.3) is 0 Å². The van der Waals surface area contributed by atoms with Gasteiger partial charge in [0.05, 0.1) is 17.5 Å². The van der Waals surface area contributed by atoms with Crippen molar-refractivity contribution in [2.45, 2.75) is 39.0 Å². The summed E-state index contributed by atoms with van der Waals surface area (Å²) in [6, 6.07) is 2.07. The van der Waals surface area contributed by atoms with Crippen LogP contribution in [0.1, 0.15) is 36.6 Å². The third kappa shape index (κ3) is 4.62. The van der Waals surface area contributed by atoms with E-state index in [-0.39, 0.29) is 17.3 Å². The summed E-state index contributed by atoms with van der Waals surface area (Å²) in [4.78, 5) is 7.48. The molecule has 0 fully saturated rings. The molecule has 24 heavy (non-hydrogen) atoms. The van der Waals surface area contributed by atoms with Crippen LogP contribution in [0.5, 0.6) is 6.01 Å². The number of unbranched alkanes of at least 4 members (excludes halogenated alkanes) is 1. The zero-order valence-corrected chi connectivity index (χ0v) is 12.8. The highest BCUT2D eigenvalue weighted by molar-refractivity contribution is 5.30. The zero-order chi connectivity index (χ0) is 17.7. The molecule has 0 unspecified atom stereocenters. The normalized spacial score (nSPS) is 11.6. The highest BCUT2D eigenvalue weighted by Gasteiger charge is 2.34. The Morgan fingerprint density at radius 3 is 2.58 bits per heavy atom. The van der Waals surface area contributed by atoms with E-state index in [1.807, 2.05) is 6.92 Å². The standard InChI is InChI=1S/C16H15F5N2O/c1-2-3-4-14-13(18)8-22-15(23-14)24-9-10-5-6-11(17)7-12(10)16(19,20)21/h5-8H,2-4,9H2,1H3. The summed E-state index contributed by atoms with van der Waals surface area (Å²) in [5.41, 5.74) is -1.24. The van der Waals surface area contributed by atoms with E-state index in [0.717, 1.165) is 24.8 Å². The first-order chi connectivity index (χ1) is 11.3. The van der Waals surface area contributed by atoms with E-state index in [0.29, 0.717) is 18.9 Å². The molecule has 0 aliphatic heterocycles. The van der Waals surface area contributed by atoms with E-state index in [1.54, 1.807) is 0 Å². The van der Waals surface area contributed by atoms with Gasteiger partial charge in [0, 0.05) is 5.56 Å². The molecule has 1 aromatic heterocycles. The Morgan fingerprint density at radius 2 is 1.92 bits per heavy atom. The molecular formula is C16H15F5N2O. The van der Waals surface area contributed by atoms with Gasteiger partial charge in [-0.05, 0) is 25.0 Å². The minimum Gasteiger partial charge on any atom is -0.459 e. The smallest absolute Gasteiger partial charge is 0.416 e. The van der Waals surface area contributed by atoms with E-state index in [4.69, 9.17) is 4.74 Å². The van der Waals surface area contributed by atoms with Crippen LogP contribution in [0, 0.1) is 11.6 Å². The van der Waals surface area contributed by atoms with Crippen LogP contribution >= 0.6 is 0 Å². The van der Waals surface area contributed by atoms with Gasteiger partial charge >= 0.3 is 12.2 Å². The third-order valence-electron chi connectivity index (χ3n) is 3.30. The number of ether oxygens (including phenoxy) is 1. The van der Waals surface area contributed by atoms with Crippen molar-refractivity contribution < 1.29 is 26.7 Å². The molecule has 1 heterocycles. The maximum absolute atomic E-state index is 13.6. The Labute approximate surface area is 135 Å². The van der Waals surface area contributed by atoms with Crippen molar-refractivity contribution in [1.29, 1.82) is 0 Å². The van der Waals surface area contributed by atoms with Crippen molar-refractivity contribution in [2.75, 3.05) is 0 Å². The average Bonchev–Trinajstić information content (AvgIpc) is 2.52. The molecule has 130 valence electrons. The summed E-state index contributed by atoms with van der Waals surface area (Å²) in [6.45, 7) is 1.43. The predicted octanol–water partition coefficient (Wildman–Crippen LogP) is 4.70. The molecule has 2 rings (SSSR count). The second-order valence-electron chi connectivity index (χ2n) is 5.14. The van der Waals surface area contributed by atoms with Crippen molar-refractivity contribution >= 4 is 0 Å². The Hall–Kier alpha value is -2.25. The molecule has 2 aromatic rings. The number of benzene rings is 1. The van der Waals surface area contributed by atoms with E-state index in [1.165, 1.54) is 0 Å². The number of halogens is 5. The van der Waals surface area contributed by atoms with Gasteiger partial charge in [-0.25, -0.2) is 13.8 Å². The van der Waals surface area contributed by atoms with Crippen molar-refractivity contribution in [2.24, 2.45) is 0 Å². The van der Waals surface area contributed by atoms with Crippen molar-refractivity contribution in [3.8, 4) is 6.01 Å². The second-order valence-corrected chi connectivity index (χ2v) is 5.14. The Balaban J connectivity index is 2.17. The largest absolute Gasteiger partial charge is 0.459 e. The number of alkyl halides is 3. The number of nitrogens with zero attached hydrogens (tertiary/aromatic N) is 2. The van der Waals surface area contributed by atoms with Crippen LogP contribution in [0.2, 0.25) is 0 Å². The summed E-state index contributed by atoms with van der Waals surface area (Å²) >= 11 is 0. The minimum atomic E-state index is -4.71. The quantitative estimate of drug-likeness (QED) is 0.712. The van der Waals surface area contributed by atoms with Crippen molar-refractivity contribution in [3.05, 3.63) is 52.9 Å². The lowest BCUT2D eigenvalue weighted by Crippen LogP contribution is -2.12. The Kier molecular flexibility index (Phi) is 5.69. The van der Waals surface area contributed by atoms with Crippen LogP contribution in [-0.4, -0.2) is 9.97 Å². The average molecular weight is 346 g/mol.